The maximum absolute atomic E-state index is 2.50. The summed E-state index contributed by atoms with van der Waals surface area (Å²) in [5, 5.41) is 0. The summed E-state index contributed by atoms with van der Waals surface area (Å²) in [4.78, 5) is 0. The third-order valence-electron chi connectivity index (χ3n) is 5.12. The first-order valence-corrected chi connectivity index (χ1v) is 7.23. The van der Waals surface area contributed by atoms with E-state index in [-0.39, 0.29) is 0 Å². The molecule has 17 heavy (non-hydrogen) atoms. The summed E-state index contributed by atoms with van der Waals surface area (Å²) >= 11 is 0. The van der Waals surface area contributed by atoms with Crippen molar-refractivity contribution in [3.05, 3.63) is 35.4 Å². The number of rotatable bonds is 1. The summed E-state index contributed by atoms with van der Waals surface area (Å²) in [6.07, 6.45) is 8.82. The van der Waals surface area contributed by atoms with Crippen LogP contribution in [0, 0.1) is 18.8 Å². The van der Waals surface area contributed by atoms with Gasteiger partial charge in [-0.1, -0.05) is 56.0 Å². The topological polar surface area (TPSA) is 0 Å². The molecular weight excluding hydrogens is 204 g/mol. The third kappa shape index (κ3) is 2.14. The Morgan fingerprint density at radius 2 is 1.59 bits per heavy atom. The van der Waals surface area contributed by atoms with E-state index >= 15 is 0 Å². The molecule has 2 fully saturated rings. The summed E-state index contributed by atoms with van der Waals surface area (Å²) < 4.78 is 0. The predicted molar refractivity (Wildman–Crippen MR) is 73.2 cm³/mol. The van der Waals surface area contributed by atoms with Gasteiger partial charge < -0.3 is 0 Å². The van der Waals surface area contributed by atoms with Crippen LogP contribution in [0.1, 0.15) is 56.6 Å². The van der Waals surface area contributed by atoms with E-state index in [1.807, 2.05) is 0 Å². The molecule has 3 rings (SSSR count). The molecule has 2 aliphatic rings. The number of aryl methyl sites for hydroxylation is 1. The minimum absolute atomic E-state index is 0.460. The summed E-state index contributed by atoms with van der Waals surface area (Å²) in [6.45, 7) is 4.68. The SMILES string of the molecule is Cc1ccc(C2(C)CC3CCCC(C3)C2)cc1. The maximum atomic E-state index is 2.50. The minimum Gasteiger partial charge on any atom is -0.0590 e. The van der Waals surface area contributed by atoms with Gasteiger partial charge in [-0.3, -0.25) is 0 Å². The Balaban J connectivity index is 1.87. The Kier molecular flexibility index (Phi) is 2.77. The average molecular weight is 228 g/mol. The van der Waals surface area contributed by atoms with Crippen LogP contribution in [0.4, 0.5) is 0 Å². The van der Waals surface area contributed by atoms with Gasteiger partial charge in [0.1, 0.15) is 0 Å². The van der Waals surface area contributed by atoms with Crippen LogP contribution in [0.3, 0.4) is 0 Å². The van der Waals surface area contributed by atoms with Crippen molar-refractivity contribution in [2.24, 2.45) is 11.8 Å². The van der Waals surface area contributed by atoms with E-state index in [2.05, 4.69) is 38.1 Å². The molecule has 0 heteroatoms. The smallest absolute Gasteiger partial charge is 0.00700 e. The lowest BCUT2D eigenvalue weighted by atomic mass is 9.59. The fourth-order valence-corrected chi connectivity index (χ4v) is 4.32. The Bertz CT molecular complexity index is 375. The van der Waals surface area contributed by atoms with Gasteiger partial charge in [-0.25, -0.2) is 0 Å². The van der Waals surface area contributed by atoms with Crippen LogP contribution in [0.25, 0.3) is 0 Å². The lowest BCUT2D eigenvalue weighted by Gasteiger charge is -2.46. The third-order valence-corrected chi connectivity index (χ3v) is 5.12. The Hall–Kier alpha value is -0.780. The second-order valence-electron chi connectivity index (χ2n) is 6.73. The lowest BCUT2D eigenvalue weighted by molar-refractivity contribution is 0.120. The van der Waals surface area contributed by atoms with Gasteiger partial charge in [0.15, 0.2) is 0 Å². The van der Waals surface area contributed by atoms with Crippen molar-refractivity contribution in [1.82, 2.24) is 0 Å². The molecule has 0 aliphatic heterocycles. The molecule has 0 radical (unpaired) electrons. The van der Waals surface area contributed by atoms with Crippen molar-refractivity contribution in [3.63, 3.8) is 0 Å². The summed E-state index contributed by atoms with van der Waals surface area (Å²) in [6, 6.07) is 9.31. The Morgan fingerprint density at radius 3 is 2.18 bits per heavy atom. The predicted octanol–water partition coefficient (Wildman–Crippen LogP) is 4.85. The zero-order valence-electron chi connectivity index (χ0n) is 11.2. The monoisotopic (exact) mass is 228 g/mol. The summed E-state index contributed by atoms with van der Waals surface area (Å²) in [7, 11) is 0. The zero-order chi connectivity index (χ0) is 11.9. The van der Waals surface area contributed by atoms with E-state index in [0.29, 0.717) is 5.41 Å². The molecule has 2 aliphatic carbocycles. The van der Waals surface area contributed by atoms with E-state index in [1.54, 1.807) is 5.56 Å². The van der Waals surface area contributed by atoms with Crippen molar-refractivity contribution >= 4 is 0 Å². The van der Waals surface area contributed by atoms with Crippen LogP contribution in [-0.2, 0) is 5.41 Å². The highest BCUT2D eigenvalue weighted by atomic mass is 14.4. The molecule has 0 amide bonds. The summed E-state index contributed by atoms with van der Waals surface area (Å²) in [5.74, 6) is 2.02. The first kappa shape index (κ1) is 11.3. The van der Waals surface area contributed by atoms with Crippen LogP contribution >= 0.6 is 0 Å². The minimum atomic E-state index is 0.460. The molecule has 2 bridgehead atoms. The molecule has 0 aromatic heterocycles. The van der Waals surface area contributed by atoms with Crippen molar-refractivity contribution in [2.45, 2.75) is 57.8 Å². The second-order valence-corrected chi connectivity index (χ2v) is 6.73. The highest BCUT2D eigenvalue weighted by Gasteiger charge is 2.39. The first-order chi connectivity index (χ1) is 8.16. The fourth-order valence-electron chi connectivity index (χ4n) is 4.32. The number of hydrogen-bond acceptors (Lipinski definition) is 0. The van der Waals surface area contributed by atoms with Gasteiger partial charge in [-0.2, -0.15) is 0 Å². The van der Waals surface area contributed by atoms with Crippen LogP contribution in [0.15, 0.2) is 24.3 Å². The van der Waals surface area contributed by atoms with Gasteiger partial charge in [0, 0.05) is 0 Å². The molecule has 0 heterocycles. The fraction of sp³-hybridized carbons (Fsp3) is 0.647. The van der Waals surface area contributed by atoms with Crippen molar-refractivity contribution in [1.29, 1.82) is 0 Å². The van der Waals surface area contributed by atoms with Gasteiger partial charge in [0.25, 0.3) is 0 Å². The van der Waals surface area contributed by atoms with Crippen molar-refractivity contribution < 1.29 is 0 Å². The first-order valence-electron chi connectivity index (χ1n) is 7.23. The highest BCUT2D eigenvalue weighted by Crippen LogP contribution is 2.49. The van der Waals surface area contributed by atoms with Gasteiger partial charge in [0.05, 0.1) is 0 Å². The lowest BCUT2D eigenvalue weighted by Crippen LogP contribution is -2.36. The van der Waals surface area contributed by atoms with E-state index in [1.165, 1.54) is 44.1 Å². The molecular formula is C17H24. The van der Waals surface area contributed by atoms with Crippen LogP contribution in [-0.4, -0.2) is 0 Å². The molecule has 92 valence electrons. The standard InChI is InChI=1S/C17H24/c1-13-6-8-16(9-7-13)17(2)11-14-4-3-5-15(10-14)12-17/h6-9,14-15H,3-5,10-12H2,1-2H3. The van der Waals surface area contributed by atoms with Gasteiger partial charge in [-0.05, 0) is 49.0 Å². The quantitative estimate of drug-likeness (QED) is 0.644. The zero-order valence-corrected chi connectivity index (χ0v) is 11.2. The molecule has 2 unspecified atom stereocenters. The number of fused-ring (bicyclic) bond motifs is 2. The number of hydrogen-bond donors (Lipinski definition) is 0. The molecule has 0 nitrogen and oxygen atoms in total. The molecule has 2 saturated carbocycles. The van der Waals surface area contributed by atoms with Crippen molar-refractivity contribution in [3.8, 4) is 0 Å². The van der Waals surface area contributed by atoms with Crippen LogP contribution in [0.2, 0.25) is 0 Å². The van der Waals surface area contributed by atoms with E-state index in [0.717, 1.165) is 11.8 Å². The van der Waals surface area contributed by atoms with E-state index < -0.39 is 0 Å². The molecule has 0 saturated heterocycles. The Morgan fingerprint density at radius 1 is 1.00 bits per heavy atom. The number of benzene rings is 1. The summed E-state index contributed by atoms with van der Waals surface area (Å²) in [5.41, 5.74) is 3.43. The van der Waals surface area contributed by atoms with Crippen LogP contribution < -0.4 is 0 Å². The molecule has 0 spiro atoms. The Labute approximate surface area is 105 Å². The van der Waals surface area contributed by atoms with Crippen LogP contribution in [0.5, 0.6) is 0 Å². The molecule has 1 aromatic carbocycles. The van der Waals surface area contributed by atoms with Gasteiger partial charge >= 0.3 is 0 Å². The average Bonchev–Trinajstić information content (AvgIpc) is 2.29. The van der Waals surface area contributed by atoms with Gasteiger partial charge in [-0.15, -0.1) is 0 Å². The van der Waals surface area contributed by atoms with E-state index in [4.69, 9.17) is 0 Å². The highest BCUT2D eigenvalue weighted by molar-refractivity contribution is 5.29. The second kappa shape index (κ2) is 4.15. The molecule has 0 N–H and O–H groups in total. The van der Waals surface area contributed by atoms with E-state index in [9.17, 15) is 0 Å². The van der Waals surface area contributed by atoms with Crippen molar-refractivity contribution in [2.75, 3.05) is 0 Å². The maximum Gasteiger partial charge on any atom is -0.00700 e. The molecule has 2 atom stereocenters. The normalized spacial score (nSPS) is 36.8. The molecule has 1 aromatic rings. The largest absolute Gasteiger partial charge is 0.0590 e. The van der Waals surface area contributed by atoms with Gasteiger partial charge in [0.2, 0.25) is 0 Å².